The van der Waals surface area contributed by atoms with Crippen LogP contribution in [0.3, 0.4) is 0 Å². The first kappa shape index (κ1) is 33.2. The van der Waals surface area contributed by atoms with E-state index in [9.17, 15) is 50.1 Å². The standard InChI is InChI=1S/C23H40N2O14/c1-4-5-6-36-21-19(33)18(32)17(31)14(38-21)9-37-23(22(34)35)7-12(28)15(25-11(3)27)20(39-23)16(30)13(29)8-24-10(2)26/h12-21,28-33H,4-9H2,1-3H3,(H,24,26)(H,25,27)(H,34,35)/t12-,13-,14?,15-,16-,17+,18+,19?,20?,21-,23-/m1/s1. The summed E-state index contributed by atoms with van der Waals surface area (Å²) in [7, 11) is 0. The van der Waals surface area contributed by atoms with Gasteiger partial charge in [0.15, 0.2) is 6.29 Å². The van der Waals surface area contributed by atoms with Crippen molar-refractivity contribution in [3.8, 4) is 0 Å². The van der Waals surface area contributed by atoms with E-state index in [1.54, 1.807) is 0 Å². The van der Waals surface area contributed by atoms with Gasteiger partial charge in [-0.15, -0.1) is 0 Å². The maximum atomic E-state index is 12.3. The van der Waals surface area contributed by atoms with E-state index in [2.05, 4.69) is 10.6 Å². The second-order valence-electron chi connectivity index (χ2n) is 9.68. The minimum atomic E-state index is -2.67. The molecule has 226 valence electrons. The normalized spacial score (nSPS) is 36.5. The predicted octanol–water partition coefficient (Wildman–Crippen LogP) is -4.08. The third-order valence-corrected chi connectivity index (χ3v) is 6.49. The van der Waals surface area contributed by atoms with Crippen LogP contribution in [0.4, 0.5) is 0 Å². The van der Waals surface area contributed by atoms with Gasteiger partial charge in [-0.3, -0.25) is 9.59 Å². The van der Waals surface area contributed by atoms with Gasteiger partial charge in [0.25, 0.3) is 5.79 Å². The third kappa shape index (κ3) is 8.50. The number of aliphatic hydroxyl groups excluding tert-OH is 6. The molecule has 39 heavy (non-hydrogen) atoms. The number of nitrogens with one attached hydrogen (secondary N) is 2. The Balaban J connectivity index is 2.26. The molecule has 2 heterocycles. The molecular weight excluding hydrogens is 528 g/mol. The van der Waals surface area contributed by atoms with Crippen molar-refractivity contribution in [3.63, 3.8) is 0 Å². The summed E-state index contributed by atoms with van der Waals surface area (Å²) >= 11 is 0. The summed E-state index contributed by atoms with van der Waals surface area (Å²) < 4.78 is 22.0. The van der Waals surface area contributed by atoms with E-state index < -0.39 is 104 Å². The van der Waals surface area contributed by atoms with Crippen molar-refractivity contribution in [1.29, 1.82) is 0 Å². The Labute approximate surface area is 224 Å². The highest BCUT2D eigenvalue weighted by molar-refractivity contribution is 5.76. The van der Waals surface area contributed by atoms with Crippen LogP contribution in [0.5, 0.6) is 0 Å². The number of aliphatic carboxylic acids is 1. The number of carboxylic acids is 1. The van der Waals surface area contributed by atoms with Crippen LogP contribution in [0.2, 0.25) is 0 Å². The van der Waals surface area contributed by atoms with E-state index >= 15 is 0 Å². The zero-order valence-electron chi connectivity index (χ0n) is 22.0. The second kappa shape index (κ2) is 14.6. The van der Waals surface area contributed by atoms with Crippen LogP contribution >= 0.6 is 0 Å². The number of amides is 2. The molecule has 0 aromatic rings. The quantitative estimate of drug-likeness (QED) is 0.0958. The number of ether oxygens (including phenoxy) is 4. The van der Waals surface area contributed by atoms with Crippen molar-refractivity contribution in [2.45, 2.75) is 107 Å². The fourth-order valence-corrected chi connectivity index (χ4v) is 4.29. The average Bonchev–Trinajstić information content (AvgIpc) is 2.87. The summed E-state index contributed by atoms with van der Waals surface area (Å²) in [5.41, 5.74) is 0. The van der Waals surface area contributed by atoms with E-state index in [1.807, 2.05) is 6.92 Å². The van der Waals surface area contributed by atoms with E-state index in [0.29, 0.717) is 6.42 Å². The molecule has 16 nitrogen and oxygen atoms in total. The number of unbranched alkanes of at least 4 members (excludes halogenated alkanes) is 1. The van der Waals surface area contributed by atoms with Crippen LogP contribution < -0.4 is 10.6 Å². The topological polar surface area (TPSA) is 254 Å². The Morgan fingerprint density at radius 2 is 1.72 bits per heavy atom. The summed E-state index contributed by atoms with van der Waals surface area (Å²) in [5.74, 6) is -5.60. The van der Waals surface area contributed by atoms with Crippen LogP contribution in [-0.4, -0.2) is 140 Å². The van der Waals surface area contributed by atoms with Gasteiger partial charge in [-0.05, 0) is 6.42 Å². The van der Waals surface area contributed by atoms with Crippen LogP contribution in [0.15, 0.2) is 0 Å². The SMILES string of the molecule is CCCCO[C@@H]1OC(CO[C@]2(C(=O)O)C[C@@H](O)[C@@H](NC(C)=O)C([C@H](O)[C@H](O)CNC(C)=O)O2)[C@H](O)[C@H](O)C1O. The fraction of sp³-hybridized carbons (Fsp3) is 0.870. The molecule has 2 rings (SSSR count). The summed E-state index contributed by atoms with van der Waals surface area (Å²) in [6, 6.07) is -1.38. The maximum Gasteiger partial charge on any atom is 0.364 e. The lowest BCUT2D eigenvalue weighted by Crippen LogP contribution is -2.68. The molecule has 2 aliphatic rings. The lowest BCUT2D eigenvalue weighted by Gasteiger charge is -2.47. The van der Waals surface area contributed by atoms with Gasteiger partial charge in [0.2, 0.25) is 11.8 Å². The van der Waals surface area contributed by atoms with Gasteiger partial charge >= 0.3 is 5.97 Å². The molecular formula is C23H40N2O14. The molecule has 0 aromatic carbocycles. The van der Waals surface area contributed by atoms with Crippen LogP contribution in [-0.2, 0) is 33.3 Å². The molecule has 3 unspecified atom stereocenters. The smallest absolute Gasteiger partial charge is 0.364 e. The third-order valence-electron chi connectivity index (χ3n) is 6.49. The number of carbonyl (C=O) groups is 3. The van der Waals surface area contributed by atoms with Crippen LogP contribution in [0.1, 0.15) is 40.0 Å². The Kier molecular flexibility index (Phi) is 12.4. The predicted molar refractivity (Wildman–Crippen MR) is 128 cm³/mol. The number of aliphatic hydroxyl groups is 6. The van der Waals surface area contributed by atoms with Gasteiger partial charge in [-0.25, -0.2) is 4.79 Å². The highest BCUT2D eigenvalue weighted by Gasteiger charge is 2.56. The monoisotopic (exact) mass is 568 g/mol. The Morgan fingerprint density at radius 1 is 1.05 bits per heavy atom. The molecule has 16 heteroatoms. The molecule has 2 aliphatic heterocycles. The average molecular weight is 569 g/mol. The number of rotatable bonds is 13. The first-order valence-corrected chi connectivity index (χ1v) is 12.7. The molecule has 2 amide bonds. The summed E-state index contributed by atoms with van der Waals surface area (Å²) in [6.07, 6.45) is -14.2. The molecule has 0 bridgehead atoms. The minimum Gasteiger partial charge on any atom is -0.477 e. The zero-order chi connectivity index (χ0) is 29.5. The molecule has 0 saturated carbocycles. The van der Waals surface area contributed by atoms with Gasteiger partial charge in [-0.1, -0.05) is 13.3 Å². The van der Waals surface area contributed by atoms with Gasteiger partial charge in [0, 0.05) is 33.4 Å². The van der Waals surface area contributed by atoms with Crippen LogP contribution in [0, 0.1) is 0 Å². The zero-order valence-corrected chi connectivity index (χ0v) is 22.0. The van der Waals surface area contributed by atoms with E-state index in [-0.39, 0.29) is 6.61 Å². The number of carboxylic acid groups (broad SMARTS) is 1. The van der Waals surface area contributed by atoms with Gasteiger partial charge < -0.3 is 65.3 Å². The van der Waals surface area contributed by atoms with Crippen molar-refractivity contribution >= 4 is 17.8 Å². The van der Waals surface area contributed by atoms with Crippen molar-refractivity contribution in [3.05, 3.63) is 0 Å². The first-order valence-electron chi connectivity index (χ1n) is 12.7. The van der Waals surface area contributed by atoms with Crippen LogP contribution in [0.25, 0.3) is 0 Å². The number of hydrogen-bond acceptors (Lipinski definition) is 13. The largest absolute Gasteiger partial charge is 0.477 e. The lowest BCUT2D eigenvalue weighted by molar-refractivity contribution is -0.338. The van der Waals surface area contributed by atoms with Gasteiger partial charge in [0.05, 0.1) is 24.9 Å². The summed E-state index contributed by atoms with van der Waals surface area (Å²) in [5, 5.41) is 77.3. The molecule has 0 aliphatic carbocycles. The molecule has 2 fully saturated rings. The van der Waals surface area contributed by atoms with Gasteiger partial charge in [0.1, 0.15) is 36.6 Å². The molecule has 11 atom stereocenters. The Bertz CT molecular complexity index is 833. The molecule has 2 saturated heterocycles. The molecule has 0 spiro atoms. The summed E-state index contributed by atoms with van der Waals surface area (Å²) in [6.45, 7) is 3.16. The van der Waals surface area contributed by atoms with E-state index in [4.69, 9.17) is 18.9 Å². The van der Waals surface area contributed by atoms with Gasteiger partial charge in [-0.2, -0.15) is 0 Å². The fourth-order valence-electron chi connectivity index (χ4n) is 4.29. The van der Waals surface area contributed by atoms with Crippen molar-refractivity contribution in [2.75, 3.05) is 19.8 Å². The Morgan fingerprint density at radius 3 is 2.28 bits per heavy atom. The molecule has 0 radical (unpaired) electrons. The highest BCUT2D eigenvalue weighted by Crippen LogP contribution is 2.34. The lowest BCUT2D eigenvalue weighted by atomic mass is 9.88. The van der Waals surface area contributed by atoms with Crippen molar-refractivity contribution in [1.82, 2.24) is 10.6 Å². The van der Waals surface area contributed by atoms with E-state index in [0.717, 1.165) is 13.3 Å². The second-order valence-corrected chi connectivity index (χ2v) is 9.68. The molecule has 0 aromatic heterocycles. The van der Waals surface area contributed by atoms with E-state index in [1.165, 1.54) is 6.92 Å². The number of carbonyl (C=O) groups excluding carboxylic acids is 2. The minimum absolute atomic E-state index is 0.175. The summed E-state index contributed by atoms with van der Waals surface area (Å²) in [4.78, 5) is 35.3. The van der Waals surface area contributed by atoms with Crippen molar-refractivity contribution in [2.24, 2.45) is 0 Å². The number of hydrogen-bond donors (Lipinski definition) is 9. The Hall–Kier alpha value is -1.99. The first-order chi connectivity index (χ1) is 18.2. The maximum absolute atomic E-state index is 12.3. The van der Waals surface area contributed by atoms with Crippen molar-refractivity contribution < 1.29 is 69.1 Å². The molecule has 9 N–H and O–H groups in total. The highest BCUT2D eigenvalue weighted by atomic mass is 16.7.